The van der Waals surface area contributed by atoms with E-state index in [0.717, 1.165) is 25.7 Å². The summed E-state index contributed by atoms with van der Waals surface area (Å²) in [5.74, 6) is -1.61. The number of carbonyl (C=O) groups excluding carboxylic acids is 2. The van der Waals surface area contributed by atoms with Crippen molar-refractivity contribution in [1.29, 1.82) is 0 Å². The van der Waals surface area contributed by atoms with Crippen molar-refractivity contribution in [1.82, 2.24) is 0 Å². The van der Waals surface area contributed by atoms with Gasteiger partial charge < -0.3 is 4.74 Å². The highest BCUT2D eigenvalue weighted by atomic mass is 19.1. The summed E-state index contributed by atoms with van der Waals surface area (Å²) in [6.45, 7) is 0. The van der Waals surface area contributed by atoms with Crippen LogP contribution in [0.1, 0.15) is 44.9 Å². The monoisotopic (exact) mass is 202 g/mol. The minimum Gasteiger partial charge on any atom is -0.391 e. The normalized spacial score (nSPS) is 26.5. The lowest BCUT2D eigenvalue weighted by Crippen LogP contribution is -2.22. The molecule has 0 aliphatic carbocycles. The van der Waals surface area contributed by atoms with Gasteiger partial charge in [0.25, 0.3) is 0 Å². The Labute approximate surface area is 82.6 Å². The van der Waals surface area contributed by atoms with Crippen molar-refractivity contribution in [2.45, 2.75) is 51.1 Å². The molecule has 1 rings (SSSR count). The Kier molecular flexibility index (Phi) is 4.56. The third kappa shape index (κ3) is 3.85. The molecular weight excluding hydrogens is 187 g/mol. The smallest absolute Gasteiger partial charge is 0.348 e. The molecule has 1 aliphatic heterocycles. The second kappa shape index (κ2) is 5.73. The Bertz CT molecular complexity index is 215. The van der Waals surface area contributed by atoms with E-state index < -0.39 is 18.1 Å². The maximum absolute atomic E-state index is 13.0. The average Bonchev–Trinajstić information content (AvgIpc) is 2.17. The first-order valence-corrected chi connectivity index (χ1v) is 5.09. The van der Waals surface area contributed by atoms with Gasteiger partial charge in [0, 0.05) is 6.42 Å². The van der Waals surface area contributed by atoms with Crippen molar-refractivity contribution in [3.05, 3.63) is 0 Å². The molecule has 0 bridgehead atoms. The summed E-state index contributed by atoms with van der Waals surface area (Å²) in [6, 6.07) is 0. The van der Waals surface area contributed by atoms with E-state index in [1.54, 1.807) is 0 Å². The Morgan fingerprint density at radius 3 is 2.50 bits per heavy atom. The van der Waals surface area contributed by atoms with Crippen LogP contribution in [0.5, 0.6) is 0 Å². The van der Waals surface area contributed by atoms with E-state index in [4.69, 9.17) is 0 Å². The fourth-order valence-electron chi connectivity index (χ4n) is 1.47. The fourth-order valence-corrected chi connectivity index (χ4v) is 1.47. The van der Waals surface area contributed by atoms with E-state index in [1.807, 2.05) is 0 Å². The van der Waals surface area contributed by atoms with Crippen LogP contribution < -0.4 is 0 Å². The van der Waals surface area contributed by atoms with Crippen LogP contribution >= 0.6 is 0 Å². The van der Waals surface area contributed by atoms with Crippen molar-refractivity contribution in [3.63, 3.8) is 0 Å². The van der Waals surface area contributed by atoms with Crippen LogP contribution in [0, 0.1) is 0 Å². The summed E-state index contributed by atoms with van der Waals surface area (Å²) in [6.07, 6.45) is 3.03. The van der Waals surface area contributed by atoms with Gasteiger partial charge in [-0.25, -0.2) is 9.18 Å². The second-order valence-electron chi connectivity index (χ2n) is 3.57. The molecule has 3 nitrogen and oxygen atoms in total. The second-order valence-corrected chi connectivity index (χ2v) is 3.57. The molecule has 14 heavy (non-hydrogen) atoms. The molecule has 1 aliphatic rings. The van der Waals surface area contributed by atoms with Crippen molar-refractivity contribution in [2.75, 3.05) is 0 Å². The van der Waals surface area contributed by atoms with Crippen LogP contribution in [0.2, 0.25) is 0 Å². The van der Waals surface area contributed by atoms with E-state index in [9.17, 15) is 14.0 Å². The van der Waals surface area contributed by atoms with E-state index in [0.29, 0.717) is 6.42 Å². The number of hydrogen-bond acceptors (Lipinski definition) is 3. The molecular formula is C10H15FO3. The quantitative estimate of drug-likeness (QED) is 0.446. The lowest BCUT2D eigenvalue weighted by molar-refractivity contribution is -0.163. The topological polar surface area (TPSA) is 43.4 Å². The maximum Gasteiger partial charge on any atom is 0.348 e. The Hall–Kier alpha value is -0.930. The van der Waals surface area contributed by atoms with E-state index in [2.05, 4.69) is 4.74 Å². The van der Waals surface area contributed by atoms with Crippen molar-refractivity contribution in [3.8, 4) is 0 Å². The van der Waals surface area contributed by atoms with Crippen LogP contribution in [-0.2, 0) is 14.3 Å². The standard InChI is InChI=1S/C10H15FO3/c11-8-6-4-2-1-3-5-7-9(12)14-10(8)13/h8H,1-7H2. The Morgan fingerprint density at radius 2 is 1.71 bits per heavy atom. The van der Waals surface area contributed by atoms with Crippen LogP contribution in [0.3, 0.4) is 0 Å². The van der Waals surface area contributed by atoms with Crippen LogP contribution in [0.15, 0.2) is 0 Å². The zero-order valence-corrected chi connectivity index (χ0v) is 8.13. The highest BCUT2D eigenvalue weighted by Gasteiger charge is 2.21. The molecule has 0 aromatic heterocycles. The molecule has 4 heteroatoms. The fraction of sp³-hybridized carbons (Fsp3) is 0.800. The highest BCUT2D eigenvalue weighted by molar-refractivity contribution is 5.87. The number of cyclic esters (lactones) is 2. The summed E-state index contributed by atoms with van der Waals surface area (Å²) in [5.41, 5.74) is 0. The van der Waals surface area contributed by atoms with Gasteiger partial charge >= 0.3 is 11.9 Å². The number of esters is 2. The summed E-state index contributed by atoms with van der Waals surface area (Å²) in [5, 5.41) is 0. The summed E-state index contributed by atoms with van der Waals surface area (Å²) in [4.78, 5) is 21.9. The van der Waals surface area contributed by atoms with Crippen molar-refractivity contribution in [2.24, 2.45) is 0 Å². The summed E-state index contributed by atoms with van der Waals surface area (Å²) in [7, 11) is 0. The van der Waals surface area contributed by atoms with Crippen LogP contribution in [0.25, 0.3) is 0 Å². The third-order valence-corrected chi connectivity index (χ3v) is 2.31. The van der Waals surface area contributed by atoms with Crippen LogP contribution in [-0.4, -0.2) is 18.1 Å². The lowest BCUT2D eigenvalue weighted by Gasteiger charge is -2.05. The van der Waals surface area contributed by atoms with Crippen molar-refractivity contribution < 1.29 is 18.7 Å². The molecule has 1 atom stereocenters. The minimum atomic E-state index is -1.63. The maximum atomic E-state index is 13.0. The number of hydrogen-bond donors (Lipinski definition) is 0. The molecule has 1 heterocycles. The molecule has 1 unspecified atom stereocenters. The number of ether oxygens (including phenoxy) is 1. The third-order valence-electron chi connectivity index (χ3n) is 2.31. The van der Waals surface area contributed by atoms with Gasteiger partial charge in [0.2, 0.25) is 0 Å². The number of halogens is 1. The van der Waals surface area contributed by atoms with Gasteiger partial charge in [-0.2, -0.15) is 0 Å². The van der Waals surface area contributed by atoms with Gasteiger partial charge in [-0.05, 0) is 19.3 Å². The average molecular weight is 202 g/mol. The predicted molar refractivity (Wildman–Crippen MR) is 48.3 cm³/mol. The van der Waals surface area contributed by atoms with Gasteiger partial charge in [-0.1, -0.05) is 19.3 Å². The van der Waals surface area contributed by atoms with Gasteiger partial charge in [-0.3, -0.25) is 4.79 Å². The van der Waals surface area contributed by atoms with Gasteiger partial charge in [-0.15, -0.1) is 0 Å². The van der Waals surface area contributed by atoms with E-state index >= 15 is 0 Å². The van der Waals surface area contributed by atoms with Crippen LogP contribution in [0.4, 0.5) is 4.39 Å². The molecule has 1 saturated heterocycles. The Morgan fingerprint density at radius 1 is 1.07 bits per heavy atom. The molecule has 0 radical (unpaired) electrons. The molecule has 0 amide bonds. The number of rotatable bonds is 0. The zero-order valence-electron chi connectivity index (χ0n) is 8.13. The summed E-state index contributed by atoms with van der Waals surface area (Å²) >= 11 is 0. The molecule has 0 aromatic carbocycles. The molecule has 0 spiro atoms. The van der Waals surface area contributed by atoms with Gasteiger partial charge in [0.15, 0.2) is 6.17 Å². The highest BCUT2D eigenvalue weighted by Crippen LogP contribution is 2.14. The van der Waals surface area contributed by atoms with Crippen molar-refractivity contribution >= 4 is 11.9 Å². The first kappa shape index (κ1) is 11.1. The number of alkyl halides is 1. The SMILES string of the molecule is O=C1CCCCCCCC(F)C(=O)O1. The first-order valence-electron chi connectivity index (χ1n) is 5.09. The van der Waals surface area contributed by atoms with E-state index in [-0.39, 0.29) is 12.8 Å². The molecule has 1 fully saturated rings. The predicted octanol–water partition coefficient (Wildman–Crippen LogP) is 2.14. The largest absolute Gasteiger partial charge is 0.391 e. The zero-order chi connectivity index (χ0) is 10.4. The van der Waals surface area contributed by atoms with Gasteiger partial charge in [0.1, 0.15) is 0 Å². The van der Waals surface area contributed by atoms with Gasteiger partial charge in [0.05, 0.1) is 0 Å². The number of carbonyl (C=O) groups is 2. The Balaban J connectivity index is 2.46. The molecule has 0 N–H and O–H groups in total. The lowest BCUT2D eigenvalue weighted by atomic mass is 10.1. The first-order chi connectivity index (χ1) is 6.70. The molecule has 0 aromatic rings. The molecule has 80 valence electrons. The van der Waals surface area contributed by atoms with E-state index in [1.165, 1.54) is 0 Å². The molecule has 0 saturated carbocycles. The minimum absolute atomic E-state index is 0.173. The summed E-state index contributed by atoms with van der Waals surface area (Å²) < 4.78 is 17.4.